The van der Waals surface area contributed by atoms with Crippen LogP contribution in [0.2, 0.25) is 0 Å². The van der Waals surface area contributed by atoms with Crippen LogP contribution in [0.5, 0.6) is 0 Å². The highest BCUT2D eigenvalue weighted by molar-refractivity contribution is 5.83. The molecule has 2 aliphatic heterocycles. The summed E-state index contributed by atoms with van der Waals surface area (Å²) in [5.74, 6) is -1.04. The van der Waals surface area contributed by atoms with Crippen LogP contribution >= 0.6 is 0 Å². The largest absolute Gasteiger partial charge is 0.357 e. The number of hydrogen-bond donors (Lipinski definition) is 1. The zero-order valence-electron chi connectivity index (χ0n) is 14.9. The van der Waals surface area contributed by atoms with Gasteiger partial charge < -0.3 is 24.1 Å². The van der Waals surface area contributed by atoms with E-state index in [1.54, 1.807) is 7.05 Å². The van der Waals surface area contributed by atoms with Crippen LogP contribution in [0.25, 0.3) is 11.0 Å². The molecule has 1 amide bonds. The Balaban J connectivity index is 1.82. The molecule has 0 unspecified atom stereocenters. The van der Waals surface area contributed by atoms with Gasteiger partial charge in [-0.3, -0.25) is 4.79 Å². The minimum atomic E-state index is -0.896. The molecular weight excluding hydrogens is 324 g/mol. The number of amides is 1. The highest BCUT2D eigenvalue weighted by atomic mass is 16.8. The molecule has 2 fully saturated rings. The molecule has 2 aromatic rings. The highest BCUT2D eigenvalue weighted by Crippen LogP contribution is 2.50. The molecule has 0 aromatic carbocycles. The average Bonchev–Trinajstić information content (AvgIpc) is 3.15. The second kappa shape index (κ2) is 5.23. The lowest BCUT2D eigenvalue weighted by molar-refractivity contribution is -0.210. The fourth-order valence-electron chi connectivity index (χ4n) is 3.89. The second-order valence-corrected chi connectivity index (χ2v) is 7.16. The van der Waals surface area contributed by atoms with E-state index in [1.165, 1.54) is 6.33 Å². The molecule has 0 bridgehead atoms. The molecule has 0 radical (unpaired) electrons. The Hall–Kier alpha value is -2.03. The SMILES string of the molecule is CNC(=O)[C@H]1O[C@@H](n2ccc3c(C)ncnc32)[C@@H]2OC(C)(C)O[C@]12C. The Morgan fingerprint density at radius 2 is 2.08 bits per heavy atom. The molecule has 8 nitrogen and oxygen atoms in total. The maximum absolute atomic E-state index is 12.4. The van der Waals surface area contributed by atoms with E-state index in [1.807, 2.05) is 44.5 Å². The molecule has 0 saturated carbocycles. The van der Waals surface area contributed by atoms with Crippen molar-refractivity contribution in [3.63, 3.8) is 0 Å². The van der Waals surface area contributed by atoms with E-state index in [-0.39, 0.29) is 5.91 Å². The zero-order valence-corrected chi connectivity index (χ0v) is 14.9. The van der Waals surface area contributed by atoms with Crippen molar-refractivity contribution in [2.24, 2.45) is 0 Å². The average molecular weight is 346 g/mol. The fraction of sp³-hybridized carbons (Fsp3) is 0.588. The van der Waals surface area contributed by atoms with E-state index < -0.39 is 29.8 Å². The summed E-state index contributed by atoms with van der Waals surface area (Å²) in [5, 5.41) is 3.59. The van der Waals surface area contributed by atoms with E-state index in [2.05, 4.69) is 15.3 Å². The quantitative estimate of drug-likeness (QED) is 0.882. The summed E-state index contributed by atoms with van der Waals surface area (Å²) < 4.78 is 20.2. The number of aryl methyl sites for hydroxylation is 1. The van der Waals surface area contributed by atoms with Crippen molar-refractivity contribution in [3.8, 4) is 0 Å². The Kier molecular flexibility index (Phi) is 3.44. The number of aromatic nitrogens is 3. The van der Waals surface area contributed by atoms with E-state index in [9.17, 15) is 4.79 Å². The Labute approximate surface area is 145 Å². The van der Waals surface area contributed by atoms with E-state index in [0.29, 0.717) is 0 Å². The predicted octanol–water partition coefficient (Wildman–Crippen LogP) is 1.29. The zero-order chi connectivity index (χ0) is 18.0. The number of rotatable bonds is 2. The third kappa shape index (κ3) is 2.28. The maximum atomic E-state index is 12.4. The van der Waals surface area contributed by atoms with E-state index >= 15 is 0 Å². The molecule has 0 spiro atoms. The van der Waals surface area contributed by atoms with Crippen LogP contribution in [0.3, 0.4) is 0 Å². The van der Waals surface area contributed by atoms with Gasteiger partial charge in [0.1, 0.15) is 23.7 Å². The van der Waals surface area contributed by atoms with Gasteiger partial charge in [0.2, 0.25) is 0 Å². The van der Waals surface area contributed by atoms with Crippen LogP contribution in [-0.2, 0) is 19.0 Å². The molecule has 2 aliphatic rings. The van der Waals surface area contributed by atoms with Crippen molar-refractivity contribution in [1.82, 2.24) is 19.9 Å². The van der Waals surface area contributed by atoms with Crippen molar-refractivity contribution in [2.45, 2.75) is 57.5 Å². The lowest BCUT2D eigenvalue weighted by atomic mass is 9.94. The molecule has 0 aliphatic carbocycles. The van der Waals surface area contributed by atoms with Gasteiger partial charge in [-0.2, -0.15) is 0 Å². The van der Waals surface area contributed by atoms with Gasteiger partial charge in [-0.25, -0.2) is 9.97 Å². The van der Waals surface area contributed by atoms with Crippen LogP contribution in [0.1, 0.15) is 32.7 Å². The van der Waals surface area contributed by atoms with Crippen molar-refractivity contribution < 1.29 is 19.0 Å². The molecule has 25 heavy (non-hydrogen) atoms. The van der Waals surface area contributed by atoms with Crippen molar-refractivity contribution in [2.75, 3.05) is 7.05 Å². The van der Waals surface area contributed by atoms with Gasteiger partial charge in [-0.05, 0) is 33.8 Å². The normalized spacial score (nSPS) is 33.6. The van der Waals surface area contributed by atoms with Gasteiger partial charge in [0.05, 0.1) is 5.69 Å². The van der Waals surface area contributed by atoms with Crippen LogP contribution in [-0.4, -0.2) is 51.1 Å². The lowest BCUT2D eigenvalue weighted by Crippen LogP contribution is -2.50. The molecule has 8 heteroatoms. The molecule has 134 valence electrons. The van der Waals surface area contributed by atoms with Crippen LogP contribution < -0.4 is 5.32 Å². The summed E-state index contributed by atoms with van der Waals surface area (Å²) in [6.07, 6.45) is 1.65. The second-order valence-electron chi connectivity index (χ2n) is 7.16. The van der Waals surface area contributed by atoms with Crippen molar-refractivity contribution in [3.05, 3.63) is 24.3 Å². The Bertz CT molecular complexity index is 848. The first-order valence-electron chi connectivity index (χ1n) is 8.30. The number of fused-ring (bicyclic) bond motifs is 2. The third-order valence-corrected chi connectivity index (χ3v) is 4.96. The summed E-state index contributed by atoms with van der Waals surface area (Å²) in [7, 11) is 1.58. The van der Waals surface area contributed by atoms with E-state index in [4.69, 9.17) is 14.2 Å². The first-order valence-corrected chi connectivity index (χ1v) is 8.30. The molecule has 2 aromatic heterocycles. The predicted molar refractivity (Wildman–Crippen MR) is 88.7 cm³/mol. The minimum absolute atomic E-state index is 0.237. The molecule has 4 heterocycles. The number of ether oxygens (including phenoxy) is 3. The number of likely N-dealkylation sites (N-methyl/N-ethyl adjacent to an activating group) is 1. The summed E-state index contributed by atoms with van der Waals surface area (Å²) in [5.41, 5.74) is 0.731. The van der Waals surface area contributed by atoms with Crippen molar-refractivity contribution >= 4 is 16.9 Å². The van der Waals surface area contributed by atoms with Gasteiger partial charge in [0.15, 0.2) is 18.1 Å². The molecule has 4 rings (SSSR count). The number of carbonyl (C=O) groups is 1. The number of nitrogens with zero attached hydrogens (tertiary/aromatic N) is 3. The smallest absolute Gasteiger partial charge is 0.252 e. The monoisotopic (exact) mass is 346 g/mol. The topological polar surface area (TPSA) is 87.5 Å². The van der Waals surface area contributed by atoms with E-state index in [0.717, 1.165) is 16.7 Å². The lowest BCUT2D eigenvalue weighted by Gasteiger charge is -2.28. The third-order valence-electron chi connectivity index (χ3n) is 4.96. The van der Waals surface area contributed by atoms with Crippen molar-refractivity contribution in [1.29, 1.82) is 0 Å². The van der Waals surface area contributed by atoms with Gasteiger partial charge in [0, 0.05) is 18.6 Å². The van der Waals surface area contributed by atoms with Gasteiger partial charge in [-0.15, -0.1) is 0 Å². The van der Waals surface area contributed by atoms with Gasteiger partial charge >= 0.3 is 0 Å². The first-order chi connectivity index (χ1) is 11.8. The highest BCUT2D eigenvalue weighted by Gasteiger charge is 2.66. The molecule has 4 atom stereocenters. The molecule has 1 N–H and O–H groups in total. The molecular formula is C17H22N4O4. The summed E-state index contributed by atoms with van der Waals surface area (Å²) in [4.78, 5) is 21.0. The Morgan fingerprint density at radius 1 is 1.32 bits per heavy atom. The van der Waals surface area contributed by atoms with Gasteiger partial charge in [0.25, 0.3) is 5.91 Å². The first kappa shape index (κ1) is 16.4. The van der Waals surface area contributed by atoms with Crippen LogP contribution in [0.4, 0.5) is 0 Å². The summed E-state index contributed by atoms with van der Waals surface area (Å²) in [6, 6.07) is 1.94. The molecule has 2 saturated heterocycles. The van der Waals surface area contributed by atoms with Gasteiger partial charge in [-0.1, -0.05) is 0 Å². The number of hydrogen-bond acceptors (Lipinski definition) is 6. The number of carbonyl (C=O) groups excluding carboxylic acids is 1. The summed E-state index contributed by atoms with van der Waals surface area (Å²) in [6.45, 7) is 7.47. The fourth-order valence-corrected chi connectivity index (χ4v) is 3.89. The van der Waals surface area contributed by atoms with Crippen LogP contribution in [0.15, 0.2) is 18.6 Å². The standard InChI is InChI=1S/C17H22N4O4/c1-9-10-6-7-21(13(10)20-8-19-9)15-12-17(4,25-16(2,3)24-12)11(23-15)14(22)18-5/h6-8,11-12,15H,1-5H3,(H,18,22)/t11-,12+,15-,17-/m1/s1. The maximum Gasteiger partial charge on any atom is 0.252 e. The number of nitrogens with one attached hydrogen (secondary N) is 1. The minimum Gasteiger partial charge on any atom is -0.357 e. The summed E-state index contributed by atoms with van der Waals surface area (Å²) >= 11 is 0. The Morgan fingerprint density at radius 3 is 2.80 bits per heavy atom. The van der Waals surface area contributed by atoms with Crippen LogP contribution in [0, 0.1) is 6.92 Å².